The Morgan fingerprint density at radius 3 is 2.10 bits per heavy atom. The van der Waals surface area contributed by atoms with E-state index in [9.17, 15) is 24.0 Å². The number of ether oxygens (including phenoxy) is 2. The third-order valence-corrected chi connectivity index (χ3v) is 9.72. The molecular weight excluding hydrogens is 662 g/mol. The average molecular weight is 714 g/mol. The first-order chi connectivity index (χ1) is 24.5. The summed E-state index contributed by atoms with van der Waals surface area (Å²) >= 11 is 0. The maximum Gasteiger partial charge on any atom is 0.408 e. The molecule has 5 atom stereocenters. The van der Waals surface area contributed by atoms with Crippen molar-refractivity contribution in [2.24, 2.45) is 11.3 Å². The molecule has 2 aliphatic rings. The second kappa shape index (κ2) is 14.9. The lowest BCUT2D eigenvalue weighted by molar-refractivity contribution is -0.150. The predicted molar refractivity (Wildman–Crippen MR) is 197 cm³/mol. The monoisotopic (exact) mass is 713 g/mol. The third-order valence-electron chi connectivity index (χ3n) is 9.72. The van der Waals surface area contributed by atoms with Crippen LogP contribution in [0.15, 0.2) is 71.7 Å². The molecule has 1 saturated carbocycles. The third kappa shape index (κ3) is 8.05. The van der Waals surface area contributed by atoms with E-state index in [4.69, 9.17) is 9.47 Å². The Labute approximate surface area is 305 Å². The summed E-state index contributed by atoms with van der Waals surface area (Å²) in [5, 5.41) is 10.3. The molecule has 0 bridgehead atoms. The van der Waals surface area contributed by atoms with Gasteiger partial charge in [-0.05, 0) is 56.6 Å². The summed E-state index contributed by atoms with van der Waals surface area (Å²) in [4.78, 5) is 71.0. The van der Waals surface area contributed by atoms with Crippen molar-refractivity contribution in [1.82, 2.24) is 25.3 Å². The van der Waals surface area contributed by atoms with E-state index >= 15 is 0 Å². The molecule has 3 amide bonds. The van der Waals surface area contributed by atoms with Crippen molar-refractivity contribution in [3.8, 4) is 22.3 Å². The van der Waals surface area contributed by atoms with Gasteiger partial charge in [0.05, 0.1) is 24.4 Å². The van der Waals surface area contributed by atoms with Gasteiger partial charge in [0.25, 0.3) is 5.56 Å². The van der Waals surface area contributed by atoms with E-state index in [1.807, 2.05) is 88.4 Å². The normalized spacial score (nSPS) is 21.9. The van der Waals surface area contributed by atoms with Crippen molar-refractivity contribution in [2.45, 2.75) is 104 Å². The number of amides is 3. The molecule has 1 unspecified atom stereocenters. The molecule has 0 radical (unpaired) electrons. The van der Waals surface area contributed by atoms with Crippen LogP contribution in [0.5, 0.6) is 0 Å². The van der Waals surface area contributed by atoms with Crippen LogP contribution in [0.2, 0.25) is 0 Å². The van der Waals surface area contributed by atoms with Gasteiger partial charge in [-0.2, -0.15) is 5.10 Å². The Morgan fingerprint density at radius 1 is 0.942 bits per heavy atom. The van der Waals surface area contributed by atoms with Gasteiger partial charge < -0.3 is 25.0 Å². The summed E-state index contributed by atoms with van der Waals surface area (Å²) < 4.78 is 12.2. The lowest BCUT2D eigenvalue weighted by Gasteiger charge is -2.36. The molecule has 2 aromatic carbocycles. The van der Waals surface area contributed by atoms with Crippen LogP contribution < -0.4 is 16.2 Å². The van der Waals surface area contributed by atoms with Gasteiger partial charge in [0.1, 0.15) is 23.2 Å². The predicted octanol–water partition coefficient (Wildman–Crippen LogP) is 5.51. The highest BCUT2D eigenvalue weighted by atomic mass is 16.6. The van der Waals surface area contributed by atoms with Crippen LogP contribution in [-0.2, 0) is 23.9 Å². The van der Waals surface area contributed by atoms with Gasteiger partial charge in [-0.15, -0.1) is 0 Å². The number of likely N-dealkylation sites (tertiary alicyclic amines) is 1. The first kappa shape index (κ1) is 38.2. The van der Waals surface area contributed by atoms with Gasteiger partial charge in [0, 0.05) is 18.5 Å². The topological polar surface area (TPSA) is 149 Å². The van der Waals surface area contributed by atoms with Crippen molar-refractivity contribution in [1.29, 1.82) is 0 Å². The molecule has 2 heterocycles. The summed E-state index contributed by atoms with van der Waals surface area (Å²) in [6, 6.07) is 15.9. The van der Waals surface area contributed by atoms with Gasteiger partial charge in [-0.1, -0.05) is 94.8 Å². The number of esters is 1. The van der Waals surface area contributed by atoms with Crippen molar-refractivity contribution in [3.63, 3.8) is 0 Å². The molecule has 2 N–H and O–H groups in total. The number of nitrogens with one attached hydrogen (secondary N) is 2. The number of nitrogens with zero attached hydrogens (tertiary/aromatic N) is 3. The number of carbonyl (C=O) groups is 4. The van der Waals surface area contributed by atoms with Crippen LogP contribution in [0.3, 0.4) is 0 Å². The maximum atomic E-state index is 14.6. The Hall–Kier alpha value is -5.00. The zero-order chi connectivity index (χ0) is 38.0. The summed E-state index contributed by atoms with van der Waals surface area (Å²) in [6.07, 6.45) is 1.99. The SMILES string of the molecule is CCOC(=O)[C@@]1(NC(=O)[C@@H]2C[C@@H](n3ncc(-c4ccccc4)c(-c4ccccc4)c3=O)CN2C(=O)[C@@H](NC(=O)OC(C)(C)C)C(C)(C)C)CC1CC. The zero-order valence-corrected chi connectivity index (χ0v) is 31.4. The van der Waals surface area contributed by atoms with Crippen LogP contribution in [-0.4, -0.2) is 74.9 Å². The fraction of sp³-hybridized carbons (Fsp3) is 0.500. The molecule has 0 spiro atoms. The summed E-state index contributed by atoms with van der Waals surface area (Å²) in [5.41, 5.74) is -0.563. The number of carbonyl (C=O) groups excluding carboxylic acids is 4. The minimum atomic E-state index is -1.19. The standard InChI is InChI=1S/C40H51N5O7/c1-9-27-22-40(27,36(49)51-10-2)43-33(46)30-21-28(24-44(30)35(48)32(38(3,4)5)42-37(50)52-39(6,7)8)45-34(47)31(26-19-15-12-16-20-26)29(23-41-45)25-17-13-11-14-18-25/h11-20,23,27-28,30,32H,9-10,21-22,24H2,1-8H3,(H,42,50)(H,43,46)/t27?,28-,30+,32-,40-/m1/s1. The van der Waals surface area contributed by atoms with Crippen LogP contribution in [0, 0.1) is 11.3 Å². The molecule has 1 aliphatic heterocycles. The molecule has 278 valence electrons. The number of hydrogen-bond donors (Lipinski definition) is 2. The van der Waals surface area contributed by atoms with Gasteiger partial charge in [-0.3, -0.25) is 14.4 Å². The highest BCUT2D eigenvalue weighted by molar-refractivity contribution is 5.96. The number of hydrogen-bond acceptors (Lipinski definition) is 8. The first-order valence-corrected chi connectivity index (χ1v) is 18.0. The van der Waals surface area contributed by atoms with Gasteiger partial charge in [0.15, 0.2) is 0 Å². The van der Waals surface area contributed by atoms with Crippen LogP contribution in [0.4, 0.5) is 4.79 Å². The van der Waals surface area contributed by atoms with Crippen molar-refractivity contribution in [3.05, 3.63) is 77.2 Å². The summed E-state index contributed by atoms with van der Waals surface area (Å²) in [7, 11) is 0. The Morgan fingerprint density at radius 2 is 1.56 bits per heavy atom. The molecule has 52 heavy (non-hydrogen) atoms. The minimum Gasteiger partial charge on any atom is -0.464 e. The van der Waals surface area contributed by atoms with Gasteiger partial charge in [0.2, 0.25) is 11.8 Å². The second-order valence-electron chi connectivity index (χ2n) is 15.7. The van der Waals surface area contributed by atoms with Crippen molar-refractivity contribution in [2.75, 3.05) is 13.2 Å². The van der Waals surface area contributed by atoms with Crippen molar-refractivity contribution < 1.29 is 28.7 Å². The van der Waals surface area contributed by atoms with Crippen LogP contribution in [0.1, 0.15) is 80.7 Å². The number of rotatable bonds is 10. The van der Waals surface area contributed by atoms with Gasteiger partial charge in [-0.25, -0.2) is 14.3 Å². The summed E-state index contributed by atoms with van der Waals surface area (Å²) in [6.45, 7) is 14.4. The molecule has 12 heteroatoms. The van der Waals surface area contributed by atoms with E-state index in [0.29, 0.717) is 29.5 Å². The lowest BCUT2D eigenvalue weighted by Crippen LogP contribution is -2.59. The molecule has 12 nitrogen and oxygen atoms in total. The van der Waals surface area contributed by atoms with Crippen LogP contribution >= 0.6 is 0 Å². The lowest BCUT2D eigenvalue weighted by atomic mass is 9.85. The van der Waals surface area contributed by atoms with E-state index in [1.54, 1.807) is 33.9 Å². The van der Waals surface area contributed by atoms with E-state index in [2.05, 4.69) is 15.7 Å². The fourth-order valence-electron chi connectivity index (χ4n) is 7.01. The Bertz CT molecular complexity index is 1850. The van der Waals surface area contributed by atoms with Crippen LogP contribution in [0.25, 0.3) is 22.3 Å². The zero-order valence-electron chi connectivity index (χ0n) is 31.4. The minimum absolute atomic E-state index is 0.0440. The molecule has 2 fully saturated rings. The molecule has 5 rings (SSSR count). The molecule has 1 saturated heterocycles. The maximum absolute atomic E-state index is 14.6. The van der Waals surface area contributed by atoms with E-state index in [-0.39, 0.29) is 31.0 Å². The fourth-order valence-corrected chi connectivity index (χ4v) is 7.01. The Kier molecular flexibility index (Phi) is 11.0. The average Bonchev–Trinajstić information content (AvgIpc) is 3.63. The van der Waals surface area contributed by atoms with E-state index < -0.39 is 58.6 Å². The van der Waals surface area contributed by atoms with E-state index in [0.717, 1.165) is 5.56 Å². The molecular formula is C40H51N5O7. The highest BCUT2D eigenvalue weighted by Crippen LogP contribution is 2.47. The van der Waals surface area contributed by atoms with E-state index in [1.165, 1.54) is 9.58 Å². The largest absolute Gasteiger partial charge is 0.464 e. The molecule has 1 aromatic heterocycles. The summed E-state index contributed by atoms with van der Waals surface area (Å²) in [5.74, 6) is -1.69. The number of aromatic nitrogens is 2. The smallest absolute Gasteiger partial charge is 0.408 e. The second-order valence-corrected chi connectivity index (χ2v) is 15.7. The quantitative estimate of drug-likeness (QED) is 0.262. The molecule has 1 aliphatic carbocycles. The van der Waals surface area contributed by atoms with Crippen molar-refractivity contribution >= 4 is 23.9 Å². The first-order valence-electron chi connectivity index (χ1n) is 18.0. The number of alkyl carbamates (subject to hydrolysis) is 1. The Balaban J connectivity index is 1.57. The molecule has 3 aromatic rings. The van der Waals surface area contributed by atoms with Gasteiger partial charge >= 0.3 is 12.1 Å². The number of benzene rings is 2. The highest BCUT2D eigenvalue weighted by Gasteiger charge is 2.62.